The van der Waals surface area contributed by atoms with Crippen LogP contribution in [0.2, 0.25) is 0 Å². The van der Waals surface area contributed by atoms with Gasteiger partial charge in [-0.05, 0) is 23.8 Å². The van der Waals surface area contributed by atoms with Gasteiger partial charge in [0, 0.05) is 21.6 Å². The summed E-state index contributed by atoms with van der Waals surface area (Å²) >= 11 is 5.23. The third kappa shape index (κ3) is 4.18. The second kappa shape index (κ2) is 8.33. The van der Waals surface area contributed by atoms with Crippen LogP contribution in [0.1, 0.15) is 11.3 Å². The van der Waals surface area contributed by atoms with Crippen molar-refractivity contribution in [1.29, 1.82) is 0 Å². The van der Waals surface area contributed by atoms with Gasteiger partial charge in [0.25, 0.3) is 0 Å². The number of thiazole rings is 1. The van der Waals surface area contributed by atoms with E-state index in [9.17, 15) is 0 Å². The van der Waals surface area contributed by atoms with E-state index in [0.717, 1.165) is 26.2 Å². The number of benzene rings is 2. The van der Waals surface area contributed by atoms with Crippen LogP contribution in [0.15, 0.2) is 92.9 Å². The van der Waals surface area contributed by atoms with Gasteiger partial charge in [-0.3, -0.25) is 4.99 Å². The molecule has 0 radical (unpaired) electrons. The smallest absolute Gasteiger partial charge is 0.206 e. The lowest BCUT2D eigenvalue weighted by Gasteiger charge is -2.05. The van der Waals surface area contributed by atoms with E-state index in [0.29, 0.717) is 6.54 Å². The lowest BCUT2D eigenvalue weighted by atomic mass is 10.2. The molecule has 4 nitrogen and oxygen atoms in total. The molecule has 0 saturated heterocycles. The van der Waals surface area contributed by atoms with Crippen LogP contribution in [0.25, 0.3) is 11.3 Å². The molecule has 27 heavy (non-hydrogen) atoms. The van der Waals surface area contributed by atoms with E-state index in [1.54, 1.807) is 11.3 Å². The van der Waals surface area contributed by atoms with E-state index in [1.807, 2.05) is 65.6 Å². The Morgan fingerprint density at radius 2 is 1.81 bits per heavy atom. The van der Waals surface area contributed by atoms with Crippen molar-refractivity contribution in [2.24, 2.45) is 10.1 Å². The van der Waals surface area contributed by atoms with Gasteiger partial charge in [-0.1, -0.05) is 64.5 Å². The van der Waals surface area contributed by atoms with Crippen LogP contribution >= 0.6 is 27.3 Å². The highest BCUT2D eigenvalue weighted by atomic mass is 79.9. The standard InChI is InChI=1S/C21H17BrN4S/c22-19-11-5-4-10-18(19)20-15-27-21(24-13-16-7-2-1-3-8-16)26(20)25-14-17-9-6-12-23-17/h1-12,14-15,23H,13H2. The summed E-state index contributed by atoms with van der Waals surface area (Å²) in [4.78, 5) is 8.80. The summed E-state index contributed by atoms with van der Waals surface area (Å²) in [5.41, 5.74) is 4.20. The molecule has 2 heterocycles. The Morgan fingerprint density at radius 3 is 2.59 bits per heavy atom. The summed E-state index contributed by atoms with van der Waals surface area (Å²) in [7, 11) is 0. The van der Waals surface area contributed by atoms with Crippen molar-refractivity contribution in [3.63, 3.8) is 0 Å². The fourth-order valence-electron chi connectivity index (χ4n) is 2.66. The monoisotopic (exact) mass is 436 g/mol. The number of H-pyrrole nitrogens is 1. The molecule has 2 aromatic carbocycles. The highest BCUT2D eigenvalue weighted by molar-refractivity contribution is 9.10. The molecule has 0 saturated carbocycles. The van der Waals surface area contributed by atoms with Gasteiger partial charge in [-0.2, -0.15) is 5.10 Å². The van der Waals surface area contributed by atoms with Crippen molar-refractivity contribution in [3.8, 4) is 11.3 Å². The highest BCUT2D eigenvalue weighted by Crippen LogP contribution is 2.28. The van der Waals surface area contributed by atoms with Crippen molar-refractivity contribution in [1.82, 2.24) is 9.66 Å². The Kier molecular flexibility index (Phi) is 5.46. The fourth-order valence-corrected chi connectivity index (χ4v) is 3.98. The first-order valence-corrected chi connectivity index (χ1v) is 10.2. The Bertz CT molecular complexity index is 1110. The summed E-state index contributed by atoms with van der Waals surface area (Å²) in [6, 6.07) is 22.3. The van der Waals surface area contributed by atoms with Crippen LogP contribution in [-0.2, 0) is 6.54 Å². The van der Waals surface area contributed by atoms with Gasteiger partial charge in [0.15, 0.2) is 0 Å². The molecule has 0 aliphatic carbocycles. The molecule has 0 atom stereocenters. The van der Waals surface area contributed by atoms with Crippen LogP contribution in [0.4, 0.5) is 0 Å². The number of halogens is 1. The summed E-state index contributed by atoms with van der Waals surface area (Å²) < 4.78 is 2.93. The average Bonchev–Trinajstić information content (AvgIpc) is 3.36. The molecule has 0 aliphatic rings. The Balaban J connectivity index is 1.78. The van der Waals surface area contributed by atoms with Gasteiger partial charge in [0.2, 0.25) is 4.80 Å². The molecule has 0 fully saturated rings. The summed E-state index contributed by atoms with van der Waals surface area (Å²) in [5, 5.41) is 6.79. The maximum atomic E-state index is 4.79. The second-order valence-electron chi connectivity index (χ2n) is 5.87. The number of aromatic amines is 1. The zero-order valence-corrected chi connectivity index (χ0v) is 16.8. The maximum Gasteiger partial charge on any atom is 0.206 e. The summed E-state index contributed by atoms with van der Waals surface area (Å²) in [5.74, 6) is 0. The second-order valence-corrected chi connectivity index (χ2v) is 7.56. The minimum atomic E-state index is 0.620. The number of nitrogens with one attached hydrogen (secondary N) is 1. The predicted octanol–water partition coefficient (Wildman–Crippen LogP) is 5.29. The van der Waals surface area contributed by atoms with Crippen molar-refractivity contribution in [2.45, 2.75) is 6.54 Å². The minimum absolute atomic E-state index is 0.620. The maximum absolute atomic E-state index is 4.79. The van der Waals surface area contributed by atoms with Crippen molar-refractivity contribution in [2.75, 3.05) is 0 Å². The lowest BCUT2D eigenvalue weighted by Crippen LogP contribution is -2.12. The molecule has 0 bridgehead atoms. The van der Waals surface area contributed by atoms with Gasteiger partial charge >= 0.3 is 0 Å². The third-order valence-electron chi connectivity index (χ3n) is 4.01. The molecule has 0 spiro atoms. The quantitative estimate of drug-likeness (QED) is 0.413. The number of rotatable bonds is 5. The van der Waals surface area contributed by atoms with Crippen molar-refractivity contribution < 1.29 is 0 Å². The van der Waals surface area contributed by atoms with E-state index < -0.39 is 0 Å². The molecule has 2 aromatic heterocycles. The zero-order valence-electron chi connectivity index (χ0n) is 14.4. The number of hydrogen-bond donors (Lipinski definition) is 1. The summed E-state index contributed by atoms with van der Waals surface area (Å²) in [6.45, 7) is 0.620. The molecule has 4 rings (SSSR count). The SMILES string of the molecule is Brc1ccccc1-c1csc(=NCc2ccccc2)n1N=Cc1ccc[nH]1. The first kappa shape index (κ1) is 17.7. The molecule has 0 unspecified atom stereocenters. The van der Waals surface area contributed by atoms with E-state index in [-0.39, 0.29) is 0 Å². The predicted molar refractivity (Wildman–Crippen MR) is 115 cm³/mol. The van der Waals surface area contributed by atoms with E-state index in [2.05, 4.69) is 44.5 Å². The van der Waals surface area contributed by atoms with Gasteiger partial charge in [-0.25, -0.2) is 4.68 Å². The number of aromatic nitrogens is 2. The first-order chi connectivity index (χ1) is 13.3. The molecule has 0 amide bonds. The van der Waals surface area contributed by atoms with E-state index >= 15 is 0 Å². The van der Waals surface area contributed by atoms with Crippen LogP contribution in [-0.4, -0.2) is 15.9 Å². The normalized spacial score (nSPS) is 12.1. The number of hydrogen-bond acceptors (Lipinski definition) is 3. The Morgan fingerprint density at radius 1 is 1.00 bits per heavy atom. The molecular weight excluding hydrogens is 420 g/mol. The van der Waals surface area contributed by atoms with Gasteiger partial charge in [-0.15, -0.1) is 11.3 Å². The van der Waals surface area contributed by atoms with Crippen LogP contribution in [0, 0.1) is 0 Å². The molecule has 0 aliphatic heterocycles. The molecule has 6 heteroatoms. The fraction of sp³-hybridized carbons (Fsp3) is 0.0476. The highest BCUT2D eigenvalue weighted by Gasteiger charge is 2.10. The van der Waals surface area contributed by atoms with Crippen molar-refractivity contribution >= 4 is 33.5 Å². The van der Waals surface area contributed by atoms with Crippen LogP contribution in [0.3, 0.4) is 0 Å². The van der Waals surface area contributed by atoms with E-state index in [1.165, 1.54) is 5.56 Å². The lowest BCUT2D eigenvalue weighted by molar-refractivity contribution is 0.823. The summed E-state index contributed by atoms with van der Waals surface area (Å²) in [6.07, 6.45) is 3.70. The first-order valence-electron chi connectivity index (χ1n) is 8.49. The molecule has 1 N–H and O–H groups in total. The molecule has 4 aromatic rings. The zero-order chi connectivity index (χ0) is 18.5. The van der Waals surface area contributed by atoms with Gasteiger partial charge in [0.1, 0.15) is 0 Å². The number of nitrogens with zero attached hydrogens (tertiary/aromatic N) is 3. The van der Waals surface area contributed by atoms with Gasteiger partial charge < -0.3 is 4.98 Å². The van der Waals surface area contributed by atoms with E-state index in [4.69, 9.17) is 10.1 Å². The third-order valence-corrected chi connectivity index (χ3v) is 5.55. The average molecular weight is 437 g/mol. The largest absolute Gasteiger partial charge is 0.360 e. The Labute approximate surface area is 169 Å². The van der Waals surface area contributed by atoms with Crippen LogP contribution in [0.5, 0.6) is 0 Å². The van der Waals surface area contributed by atoms with Crippen LogP contribution < -0.4 is 4.80 Å². The topological polar surface area (TPSA) is 45.4 Å². The minimum Gasteiger partial charge on any atom is -0.360 e. The molecule has 134 valence electrons. The molecular formula is C21H17BrN4S. The Hall–Kier alpha value is -2.70. The van der Waals surface area contributed by atoms with Crippen molar-refractivity contribution in [3.05, 3.63) is 98.8 Å². The van der Waals surface area contributed by atoms with Gasteiger partial charge in [0.05, 0.1) is 24.1 Å².